The van der Waals surface area contributed by atoms with E-state index in [4.69, 9.17) is 0 Å². The first kappa shape index (κ1) is 18.6. The average molecular weight is 372 g/mol. The number of alkyl halides is 3. The maximum atomic E-state index is 13.5. The van der Waals surface area contributed by atoms with Crippen LogP contribution in [-0.4, -0.2) is 6.18 Å². The molecule has 134 valence electrons. The lowest BCUT2D eigenvalue weighted by atomic mass is 10.0. The molecule has 0 fully saturated rings. The van der Waals surface area contributed by atoms with Gasteiger partial charge in [-0.3, -0.25) is 0 Å². The highest BCUT2D eigenvalue weighted by molar-refractivity contribution is 7.99. The van der Waals surface area contributed by atoms with Gasteiger partial charge in [0.1, 0.15) is 5.25 Å². The molecule has 0 bridgehead atoms. The van der Waals surface area contributed by atoms with E-state index in [1.807, 2.05) is 30.3 Å². The molecule has 0 N–H and O–H groups in total. The van der Waals surface area contributed by atoms with Gasteiger partial charge in [0.2, 0.25) is 0 Å². The molecule has 0 nitrogen and oxygen atoms in total. The highest BCUT2D eigenvalue weighted by Crippen LogP contribution is 2.46. The van der Waals surface area contributed by atoms with Gasteiger partial charge >= 0.3 is 6.18 Å². The molecular formula is C22H19F3S. The van der Waals surface area contributed by atoms with Crippen LogP contribution in [0.25, 0.3) is 0 Å². The van der Waals surface area contributed by atoms with Gasteiger partial charge in [-0.1, -0.05) is 72.8 Å². The molecule has 3 rings (SSSR count). The molecule has 0 radical (unpaired) electrons. The van der Waals surface area contributed by atoms with E-state index in [2.05, 4.69) is 12.1 Å². The van der Waals surface area contributed by atoms with Crippen molar-refractivity contribution >= 4 is 11.8 Å². The Labute approximate surface area is 156 Å². The van der Waals surface area contributed by atoms with Crippen LogP contribution < -0.4 is 0 Å². The van der Waals surface area contributed by atoms with Gasteiger partial charge in [0.15, 0.2) is 0 Å². The fourth-order valence-electron chi connectivity index (χ4n) is 2.75. The van der Waals surface area contributed by atoms with E-state index in [1.165, 1.54) is 5.56 Å². The summed E-state index contributed by atoms with van der Waals surface area (Å²) in [6, 6.07) is 25.6. The highest BCUT2D eigenvalue weighted by atomic mass is 32.2. The second-order valence-corrected chi connectivity index (χ2v) is 7.26. The van der Waals surface area contributed by atoms with Crippen LogP contribution in [0.2, 0.25) is 0 Å². The van der Waals surface area contributed by atoms with Gasteiger partial charge in [0, 0.05) is 4.90 Å². The monoisotopic (exact) mass is 372 g/mol. The zero-order chi connectivity index (χ0) is 18.4. The van der Waals surface area contributed by atoms with Crippen molar-refractivity contribution in [3.05, 3.63) is 102 Å². The molecule has 0 saturated carbocycles. The number of aryl methyl sites for hydroxylation is 2. The van der Waals surface area contributed by atoms with E-state index < -0.39 is 11.4 Å². The topological polar surface area (TPSA) is 0 Å². The quantitative estimate of drug-likeness (QED) is 0.426. The zero-order valence-electron chi connectivity index (χ0n) is 14.1. The number of benzene rings is 3. The number of hydrogen-bond donors (Lipinski definition) is 0. The Morgan fingerprint density at radius 3 is 1.69 bits per heavy atom. The van der Waals surface area contributed by atoms with Crippen LogP contribution in [0.1, 0.15) is 21.9 Å². The molecule has 0 aliphatic rings. The van der Waals surface area contributed by atoms with Crippen molar-refractivity contribution in [2.45, 2.75) is 29.2 Å². The SMILES string of the molecule is FC(F)(F)C(Sc1ccccc1)c1ccc(CCc2ccccc2)cc1. The molecule has 26 heavy (non-hydrogen) atoms. The van der Waals surface area contributed by atoms with E-state index in [-0.39, 0.29) is 5.56 Å². The third-order valence-corrected chi connectivity index (χ3v) is 5.44. The van der Waals surface area contributed by atoms with Crippen molar-refractivity contribution in [3.8, 4) is 0 Å². The Hall–Kier alpha value is -2.20. The summed E-state index contributed by atoms with van der Waals surface area (Å²) in [5.41, 5.74) is 2.56. The van der Waals surface area contributed by atoms with Gasteiger partial charge < -0.3 is 0 Å². The minimum absolute atomic E-state index is 0.287. The normalized spacial score (nSPS) is 12.7. The summed E-state index contributed by atoms with van der Waals surface area (Å²) in [6.07, 6.45) is -2.61. The molecule has 0 heterocycles. The van der Waals surface area contributed by atoms with Crippen LogP contribution in [0.5, 0.6) is 0 Å². The number of hydrogen-bond acceptors (Lipinski definition) is 1. The van der Waals surface area contributed by atoms with Crippen molar-refractivity contribution in [1.82, 2.24) is 0 Å². The Morgan fingerprint density at radius 1 is 0.654 bits per heavy atom. The largest absolute Gasteiger partial charge is 0.404 e. The molecule has 0 spiro atoms. The van der Waals surface area contributed by atoms with Crippen LogP contribution in [0.3, 0.4) is 0 Å². The second-order valence-electron chi connectivity index (χ2n) is 6.08. The third-order valence-electron chi connectivity index (χ3n) is 4.12. The average Bonchev–Trinajstić information content (AvgIpc) is 2.66. The molecule has 3 aromatic carbocycles. The fraction of sp³-hybridized carbons (Fsp3) is 0.182. The van der Waals surface area contributed by atoms with Crippen LogP contribution in [0.4, 0.5) is 13.2 Å². The Kier molecular flexibility index (Phi) is 6.04. The molecular weight excluding hydrogens is 353 g/mol. The van der Waals surface area contributed by atoms with E-state index in [9.17, 15) is 13.2 Å². The molecule has 0 aliphatic heterocycles. The molecule has 4 heteroatoms. The minimum atomic E-state index is -4.30. The van der Waals surface area contributed by atoms with Gasteiger partial charge in [0.05, 0.1) is 0 Å². The predicted octanol–water partition coefficient (Wildman–Crippen LogP) is 6.87. The second kappa shape index (κ2) is 8.45. The standard InChI is InChI=1S/C22H19F3S/c23-22(24,25)21(26-20-9-5-2-6-10-20)19-15-13-18(14-16-19)12-11-17-7-3-1-4-8-17/h1-10,13-16,21H,11-12H2. The van der Waals surface area contributed by atoms with Crippen LogP contribution in [0.15, 0.2) is 89.8 Å². The maximum Gasteiger partial charge on any atom is 0.404 e. The molecule has 0 saturated heterocycles. The van der Waals surface area contributed by atoms with Crippen molar-refractivity contribution in [3.63, 3.8) is 0 Å². The zero-order valence-corrected chi connectivity index (χ0v) is 14.9. The van der Waals surface area contributed by atoms with Crippen molar-refractivity contribution in [1.29, 1.82) is 0 Å². The van der Waals surface area contributed by atoms with Gasteiger partial charge in [-0.05, 0) is 41.7 Å². The highest BCUT2D eigenvalue weighted by Gasteiger charge is 2.41. The number of halogens is 3. The van der Waals surface area contributed by atoms with Crippen molar-refractivity contribution < 1.29 is 13.2 Å². The first-order chi connectivity index (χ1) is 12.5. The Balaban J connectivity index is 1.71. The van der Waals surface area contributed by atoms with Crippen LogP contribution in [-0.2, 0) is 12.8 Å². The van der Waals surface area contributed by atoms with Gasteiger partial charge in [-0.25, -0.2) is 0 Å². The maximum absolute atomic E-state index is 13.5. The first-order valence-electron chi connectivity index (χ1n) is 8.43. The smallest absolute Gasteiger partial charge is 0.169 e. The number of rotatable bonds is 6. The van der Waals surface area contributed by atoms with Crippen LogP contribution >= 0.6 is 11.8 Å². The number of thioether (sulfide) groups is 1. The van der Waals surface area contributed by atoms with E-state index >= 15 is 0 Å². The van der Waals surface area contributed by atoms with Crippen molar-refractivity contribution in [2.75, 3.05) is 0 Å². The lowest BCUT2D eigenvalue weighted by Gasteiger charge is -2.20. The van der Waals surface area contributed by atoms with E-state index in [0.29, 0.717) is 4.90 Å². The molecule has 3 aromatic rings. The Morgan fingerprint density at radius 2 is 1.15 bits per heavy atom. The van der Waals surface area contributed by atoms with Gasteiger partial charge in [-0.15, -0.1) is 11.8 Å². The Bertz CT molecular complexity index is 796. The van der Waals surface area contributed by atoms with Gasteiger partial charge in [0.25, 0.3) is 0 Å². The lowest BCUT2D eigenvalue weighted by Crippen LogP contribution is -2.17. The van der Waals surface area contributed by atoms with Crippen LogP contribution in [0, 0.1) is 0 Å². The summed E-state index contributed by atoms with van der Waals surface area (Å²) in [7, 11) is 0. The summed E-state index contributed by atoms with van der Waals surface area (Å²) in [4.78, 5) is 0.614. The van der Waals surface area contributed by atoms with Gasteiger partial charge in [-0.2, -0.15) is 13.2 Å². The molecule has 0 aliphatic carbocycles. The summed E-state index contributed by atoms with van der Waals surface area (Å²) >= 11 is 0.840. The molecule has 0 amide bonds. The predicted molar refractivity (Wildman–Crippen MR) is 101 cm³/mol. The summed E-state index contributed by atoms with van der Waals surface area (Å²) < 4.78 is 40.6. The summed E-state index contributed by atoms with van der Waals surface area (Å²) in [5.74, 6) is 0. The fourth-order valence-corrected chi connectivity index (χ4v) is 3.76. The third kappa shape index (κ3) is 5.15. The summed E-state index contributed by atoms with van der Waals surface area (Å²) in [5, 5.41) is -1.56. The first-order valence-corrected chi connectivity index (χ1v) is 9.31. The van der Waals surface area contributed by atoms with E-state index in [1.54, 1.807) is 42.5 Å². The minimum Gasteiger partial charge on any atom is -0.169 e. The summed E-state index contributed by atoms with van der Waals surface area (Å²) in [6.45, 7) is 0. The molecule has 1 unspecified atom stereocenters. The van der Waals surface area contributed by atoms with E-state index in [0.717, 1.165) is 30.2 Å². The molecule has 0 aromatic heterocycles. The lowest BCUT2D eigenvalue weighted by molar-refractivity contribution is -0.129. The van der Waals surface area contributed by atoms with Crippen molar-refractivity contribution in [2.24, 2.45) is 0 Å². The molecule has 1 atom stereocenters.